The van der Waals surface area contributed by atoms with Crippen LogP contribution in [0.15, 0.2) is 95.4 Å². The number of nitrogens with one attached hydrogen (secondary N) is 1. The van der Waals surface area contributed by atoms with Gasteiger partial charge in [-0.3, -0.25) is 19.5 Å². The number of amides is 1. The van der Waals surface area contributed by atoms with Crippen LogP contribution in [0.25, 0.3) is 5.57 Å². The highest BCUT2D eigenvalue weighted by atomic mass is 16.3. The molecule has 1 aliphatic carbocycles. The summed E-state index contributed by atoms with van der Waals surface area (Å²) >= 11 is 0. The van der Waals surface area contributed by atoms with Crippen LogP contribution in [0.2, 0.25) is 0 Å². The van der Waals surface area contributed by atoms with Gasteiger partial charge in [-0.1, -0.05) is 152 Å². The van der Waals surface area contributed by atoms with Crippen molar-refractivity contribution in [2.75, 3.05) is 6.54 Å². The number of phenolic OH excluding ortho intramolecular Hbond substituents is 1. The van der Waals surface area contributed by atoms with E-state index in [0.29, 0.717) is 19.4 Å². The molecule has 1 fully saturated rings. The number of hydrogen-bond acceptors (Lipinski definition) is 5. The number of nitrogens with zero attached hydrogens (tertiary/aromatic N) is 2. The Hall–Kier alpha value is -4.45. The number of aliphatic imine (C=N–C) groups is 1. The van der Waals surface area contributed by atoms with Crippen LogP contribution in [0.3, 0.4) is 0 Å². The first-order valence-corrected chi connectivity index (χ1v) is 20.2. The van der Waals surface area contributed by atoms with Crippen LogP contribution in [0.4, 0.5) is 0 Å². The van der Waals surface area contributed by atoms with Crippen molar-refractivity contribution in [2.45, 2.75) is 124 Å². The molecular weight excluding hydrogens is 655 g/mol. The number of fused-ring (bicyclic) bond motifs is 1. The second-order valence-electron chi connectivity index (χ2n) is 16.3. The van der Waals surface area contributed by atoms with Gasteiger partial charge in [0.25, 0.3) is 5.91 Å². The van der Waals surface area contributed by atoms with E-state index in [4.69, 9.17) is 4.99 Å². The highest BCUT2D eigenvalue weighted by Crippen LogP contribution is 2.44. The van der Waals surface area contributed by atoms with E-state index in [2.05, 4.69) is 75.5 Å². The molecule has 0 bridgehead atoms. The number of rotatable bonds is 19. The summed E-state index contributed by atoms with van der Waals surface area (Å²) in [6.45, 7) is 9.22. The highest BCUT2D eigenvalue weighted by Gasteiger charge is 2.42. The van der Waals surface area contributed by atoms with Gasteiger partial charge in [0.2, 0.25) is 0 Å². The standard InChI is InChI=1S/C47H59N3O3/c1-5-6-7-8-9-10-11-12-13-14-15-28-47(3,4)40-31-39(44(40)52)36-22-20-35(21-23-36)30-42-46(53)50-32-43(37-24-26-38(51)27-25-37)48-41(45(50)49-42)29-34-18-16-33(2)17-19-34/h16-27,31,40,42,49,51H,5-15,28-30,32H2,1-4H3. The number of unbranched alkanes of at least 4 members (excludes halogenated alkanes) is 10. The second kappa shape index (κ2) is 17.6. The molecule has 1 amide bonds. The summed E-state index contributed by atoms with van der Waals surface area (Å²) in [6.07, 6.45) is 19.1. The Morgan fingerprint density at radius 3 is 1.98 bits per heavy atom. The van der Waals surface area contributed by atoms with E-state index in [0.717, 1.165) is 51.5 Å². The molecule has 6 heteroatoms. The topological polar surface area (TPSA) is 82.0 Å². The molecule has 0 saturated carbocycles. The van der Waals surface area contributed by atoms with E-state index in [9.17, 15) is 14.7 Å². The molecular formula is C47H59N3O3. The zero-order valence-corrected chi connectivity index (χ0v) is 32.4. The normalized spacial score (nSPS) is 18.5. The van der Waals surface area contributed by atoms with Crippen LogP contribution in [-0.4, -0.2) is 40.0 Å². The van der Waals surface area contributed by atoms with Gasteiger partial charge >= 0.3 is 0 Å². The van der Waals surface area contributed by atoms with Crippen LogP contribution in [0, 0.1) is 18.3 Å². The summed E-state index contributed by atoms with van der Waals surface area (Å²) in [7, 11) is 0. The third-order valence-electron chi connectivity index (χ3n) is 11.5. The van der Waals surface area contributed by atoms with Gasteiger partial charge in [0.05, 0.1) is 18.0 Å². The molecule has 3 aliphatic rings. The number of aromatic hydroxyl groups is 1. The van der Waals surface area contributed by atoms with E-state index in [1.54, 1.807) is 12.1 Å². The maximum absolute atomic E-state index is 13.9. The fourth-order valence-corrected chi connectivity index (χ4v) is 8.04. The van der Waals surface area contributed by atoms with E-state index < -0.39 is 6.04 Å². The highest BCUT2D eigenvalue weighted by molar-refractivity contribution is 6.28. The number of carbonyl (C=O) groups excluding carboxylic acids is 2. The SMILES string of the molecule is CCCCCCCCCCCCCC(C)(C)C1C=C(c2ccc(CC3NC4=C(Cc5ccc(C)cc5)N=C(c5ccc(O)cc5)CN4C3=O)cc2)C1=O. The molecule has 0 spiro atoms. The van der Waals surface area contributed by atoms with Crippen molar-refractivity contribution in [3.63, 3.8) is 0 Å². The van der Waals surface area contributed by atoms with Gasteiger partial charge in [-0.2, -0.15) is 0 Å². The van der Waals surface area contributed by atoms with E-state index in [1.807, 2.05) is 29.2 Å². The first-order valence-electron chi connectivity index (χ1n) is 20.2. The Morgan fingerprint density at radius 2 is 1.36 bits per heavy atom. The summed E-state index contributed by atoms with van der Waals surface area (Å²) in [5.41, 5.74) is 7.63. The molecule has 1 saturated heterocycles. The lowest BCUT2D eigenvalue weighted by Gasteiger charge is -2.38. The molecule has 280 valence electrons. The number of carbonyl (C=O) groups is 2. The van der Waals surface area contributed by atoms with Crippen molar-refractivity contribution in [3.05, 3.63) is 118 Å². The number of phenols is 1. The van der Waals surface area contributed by atoms with Gasteiger partial charge in [-0.15, -0.1) is 0 Å². The minimum Gasteiger partial charge on any atom is -0.508 e. The number of Topliss-reactive ketones (excluding diaryl/α,β-unsaturated/α-hetero) is 1. The average Bonchev–Trinajstić information content (AvgIpc) is 3.46. The molecule has 2 N–H and O–H groups in total. The van der Waals surface area contributed by atoms with Crippen molar-refractivity contribution >= 4 is 23.0 Å². The zero-order valence-electron chi connectivity index (χ0n) is 32.4. The number of allylic oxidation sites excluding steroid dienone is 3. The maximum atomic E-state index is 13.9. The summed E-state index contributed by atoms with van der Waals surface area (Å²) in [4.78, 5) is 34.2. The predicted octanol–water partition coefficient (Wildman–Crippen LogP) is 10.3. The number of ketones is 1. The molecule has 2 unspecified atom stereocenters. The molecule has 0 radical (unpaired) electrons. The Bertz CT molecular complexity index is 1820. The second-order valence-corrected chi connectivity index (χ2v) is 16.3. The smallest absolute Gasteiger partial charge is 0.251 e. The van der Waals surface area contributed by atoms with Crippen molar-refractivity contribution < 1.29 is 14.7 Å². The first kappa shape index (κ1) is 38.3. The number of benzene rings is 3. The van der Waals surface area contributed by atoms with Crippen molar-refractivity contribution in [1.29, 1.82) is 0 Å². The van der Waals surface area contributed by atoms with E-state index in [-0.39, 0.29) is 28.8 Å². The van der Waals surface area contributed by atoms with Gasteiger partial charge in [0, 0.05) is 24.3 Å². The largest absolute Gasteiger partial charge is 0.508 e. The molecule has 6 rings (SSSR count). The summed E-state index contributed by atoms with van der Waals surface area (Å²) in [5, 5.41) is 13.4. The van der Waals surface area contributed by atoms with E-state index in [1.165, 1.54) is 76.2 Å². The van der Waals surface area contributed by atoms with Gasteiger partial charge in [0.15, 0.2) is 5.78 Å². The van der Waals surface area contributed by atoms with Crippen molar-refractivity contribution in [1.82, 2.24) is 10.2 Å². The number of aryl methyl sites for hydroxylation is 1. The summed E-state index contributed by atoms with van der Waals surface area (Å²) in [6, 6.07) is 23.2. The Balaban J connectivity index is 1.03. The lowest BCUT2D eigenvalue weighted by atomic mass is 9.64. The quantitative estimate of drug-likeness (QED) is 0.121. The van der Waals surface area contributed by atoms with Crippen LogP contribution in [-0.2, 0) is 22.4 Å². The van der Waals surface area contributed by atoms with E-state index >= 15 is 0 Å². The Kier molecular flexibility index (Phi) is 12.7. The third-order valence-corrected chi connectivity index (χ3v) is 11.5. The lowest BCUT2D eigenvalue weighted by molar-refractivity contribution is -0.127. The predicted molar refractivity (Wildman–Crippen MR) is 217 cm³/mol. The van der Waals surface area contributed by atoms with Gasteiger partial charge < -0.3 is 10.4 Å². The molecule has 0 aromatic heterocycles. The Labute approximate surface area is 317 Å². The molecule has 2 heterocycles. The molecule has 53 heavy (non-hydrogen) atoms. The summed E-state index contributed by atoms with van der Waals surface area (Å²) < 4.78 is 0. The molecule has 2 aliphatic heterocycles. The maximum Gasteiger partial charge on any atom is 0.251 e. The third kappa shape index (κ3) is 9.57. The van der Waals surface area contributed by atoms with Gasteiger partial charge in [-0.25, -0.2) is 0 Å². The summed E-state index contributed by atoms with van der Waals surface area (Å²) in [5.74, 6) is 1.23. The lowest BCUT2D eigenvalue weighted by Crippen LogP contribution is -2.37. The van der Waals surface area contributed by atoms with Gasteiger partial charge in [-0.05, 0) is 65.3 Å². The molecule has 3 aromatic rings. The fourth-order valence-electron chi connectivity index (χ4n) is 8.04. The molecule has 3 aromatic carbocycles. The molecule has 2 atom stereocenters. The van der Waals surface area contributed by atoms with Gasteiger partial charge in [0.1, 0.15) is 17.6 Å². The first-order chi connectivity index (χ1) is 25.6. The number of hydrogen-bond donors (Lipinski definition) is 2. The minimum absolute atomic E-state index is 0.0194. The average molecular weight is 714 g/mol. The van der Waals surface area contributed by atoms with Crippen LogP contribution in [0.1, 0.15) is 126 Å². The van der Waals surface area contributed by atoms with Crippen LogP contribution < -0.4 is 5.32 Å². The van der Waals surface area contributed by atoms with Crippen LogP contribution >= 0.6 is 0 Å². The molecule has 6 nitrogen and oxygen atoms in total. The van der Waals surface area contributed by atoms with Crippen molar-refractivity contribution in [3.8, 4) is 5.75 Å². The minimum atomic E-state index is -0.413. The fraction of sp³-hybridized carbons (Fsp3) is 0.468. The van der Waals surface area contributed by atoms with Crippen LogP contribution in [0.5, 0.6) is 5.75 Å². The zero-order chi connectivity index (χ0) is 37.4. The Morgan fingerprint density at radius 1 is 0.774 bits per heavy atom. The van der Waals surface area contributed by atoms with Crippen molar-refractivity contribution in [2.24, 2.45) is 16.3 Å². The monoisotopic (exact) mass is 713 g/mol.